The Balaban J connectivity index is 1.79. The lowest BCUT2D eigenvalue weighted by molar-refractivity contribution is -0.144. The summed E-state index contributed by atoms with van der Waals surface area (Å²) in [7, 11) is 0. The van der Waals surface area contributed by atoms with E-state index in [9.17, 15) is 53.4 Å². The number of aliphatic carboxylic acids is 3. The molecule has 15 heteroatoms. The van der Waals surface area contributed by atoms with Gasteiger partial charge >= 0.3 is 17.9 Å². The van der Waals surface area contributed by atoms with Gasteiger partial charge < -0.3 is 31.3 Å². The highest BCUT2D eigenvalue weighted by Gasteiger charge is 2.31. The summed E-state index contributed by atoms with van der Waals surface area (Å²) in [6.45, 7) is 1.76. The average molecular weight is 878 g/mol. The van der Waals surface area contributed by atoms with Crippen LogP contribution in [0.4, 0.5) is 0 Å². The van der Waals surface area contributed by atoms with Crippen LogP contribution in [0.5, 0.6) is 0 Å². The zero-order valence-corrected chi connectivity index (χ0v) is 36.7. The first-order valence-electron chi connectivity index (χ1n) is 22.4. The highest BCUT2D eigenvalue weighted by molar-refractivity contribution is 5.95. The number of benzene rings is 2. The fraction of sp³-hybridized carbons (Fsp3) is 0.562. The van der Waals surface area contributed by atoms with Crippen molar-refractivity contribution in [1.29, 1.82) is 0 Å². The zero-order chi connectivity index (χ0) is 46.4. The molecule has 0 aliphatic heterocycles. The summed E-state index contributed by atoms with van der Waals surface area (Å²) in [5.41, 5.74) is 1.61. The van der Waals surface area contributed by atoms with E-state index < -0.39 is 65.8 Å². The lowest BCUT2D eigenvalue weighted by atomic mass is 9.89. The molecular formula is C48H67N3O12. The summed E-state index contributed by atoms with van der Waals surface area (Å²) in [6.07, 6.45) is 7.71. The second-order valence-electron chi connectivity index (χ2n) is 16.2. The van der Waals surface area contributed by atoms with Crippen molar-refractivity contribution >= 4 is 53.0 Å². The SMILES string of the molecule is CCC(=O)[C@H](CC(=O)O)NC(=O)[C@@H](CC(=O)[C@H](Cc1ccccc1)NC(=O)CCCCCCCCC(=O)CCCCC[C@H](CC(=O)NCCCC(=O)O)C(=O)O)Cc1ccccc1. The van der Waals surface area contributed by atoms with Crippen LogP contribution in [-0.4, -0.2) is 86.9 Å². The van der Waals surface area contributed by atoms with Crippen LogP contribution in [0.2, 0.25) is 0 Å². The number of amides is 3. The average Bonchev–Trinajstić information content (AvgIpc) is 3.24. The second kappa shape index (κ2) is 31.2. The first kappa shape index (κ1) is 53.4. The number of carbonyl (C=O) groups excluding carboxylic acids is 6. The van der Waals surface area contributed by atoms with Crippen molar-refractivity contribution in [2.45, 2.75) is 154 Å². The molecule has 0 unspecified atom stereocenters. The van der Waals surface area contributed by atoms with Gasteiger partial charge in [0.05, 0.1) is 24.4 Å². The Kier molecular flexibility index (Phi) is 26.4. The molecule has 0 saturated heterocycles. The molecule has 0 saturated carbocycles. The van der Waals surface area contributed by atoms with Crippen molar-refractivity contribution in [3.63, 3.8) is 0 Å². The van der Waals surface area contributed by atoms with Gasteiger partial charge in [0.15, 0.2) is 11.6 Å². The van der Waals surface area contributed by atoms with E-state index in [-0.39, 0.29) is 75.4 Å². The van der Waals surface area contributed by atoms with E-state index in [1.807, 2.05) is 48.5 Å². The van der Waals surface area contributed by atoms with Crippen LogP contribution in [0.1, 0.15) is 140 Å². The van der Waals surface area contributed by atoms with Crippen LogP contribution in [-0.2, 0) is 56.0 Å². The van der Waals surface area contributed by atoms with Crippen molar-refractivity contribution in [2.24, 2.45) is 11.8 Å². The fourth-order valence-corrected chi connectivity index (χ4v) is 7.26. The van der Waals surface area contributed by atoms with Crippen LogP contribution in [0.15, 0.2) is 60.7 Å². The fourth-order valence-electron chi connectivity index (χ4n) is 7.26. The Morgan fingerprint density at radius 3 is 1.62 bits per heavy atom. The summed E-state index contributed by atoms with van der Waals surface area (Å²) in [5, 5.41) is 35.5. The van der Waals surface area contributed by atoms with Crippen LogP contribution >= 0.6 is 0 Å². The van der Waals surface area contributed by atoms with Crippen molar-refractivity contribution in [2.75, 3.05) is 6.54 Å². The molecule has 346 valence electrons. The predicted octanol–water partition coefficient (Wildman–Crippen LogP) is 6.18. The molecule has 6 N–H and O–H groups in total. The van der Waals surface area contributed by atoms with Gasteiger partial charge in [0.1, 0.15) is 5.78 Å². The van der Waals surface area contributed by atoms with Gasteiger partial charge in [-0.1, -0.05) is 106 Å². The second-order valence-corrected chi connectivity index (χ2v) is 16.2. The number of carboxylic acids is 3. The smallest absolute Gasteiger partial charge is 0.307 e. The Labute approximate surface area is 370 Å². The highest BCUT2D eigenvalue weighted by atomic mass is 16.4. The van der Waals surface area contributed by atoms with Crippen molar-refractivity contribution in [3.05, 3.63) is 71.8 Å². The van der Waals surface area contributed by atoms with Crippen molar-refractivity contribution in [3.8, 4) is 0 Å². The quantitative estimate of drug-likeness (QED) is 0.0420. The molecule has 0 aromatic heterocycles. The number of Topliss-reactive ketones (excluding diaryl/α,β-unsaturated/α-hetero) is 3. The van der Waals surface area contributed by atoms with E-state index in [0.29, 0.717) is 44.9 Å². The van der Waals surface area contributed by atoms with Crippen LogP contribution in [0, 0.1) is 11.8 Å². The number of nitrogens with one attached hydrogen (secondary N) is 3. The number of hydrogen-bond donors (Lipinski definition) is 6. The van der Waals surface area contributed by atoms with Gasteiger partial charge in [0.25, 0.3) is 0 Å². The first-order chi connectivity index (χ1) is 30.2. The lowest BCUT2D eigenvalue weighted by Gasteiger charge is -2.23. The van der Waals surface area contributed by atoms with Crippen molar-refractivity contribution in [1.82, 2.24) is 16.0 Å². The topological polar surface area (TPSA) is 250 Å². The molecule has 3 amide bonds. The van der Waals surface area contributed by atoms with Gasteiger partial charge in [0.2, 0.25) is 17.7 Å². The zero-order valence-electron chi connectivity index (χ0n) is 36.7. The Morgan fingerprint density at radius 1 is 0.508 bits per heavy atom. The summed E-state index contributed by atoms with van der Waals surface area (Å²) in [4.78, 5) is 111. The molecular weight excluding hydrogens is 811 g/mol. The number of carboxylic acid groups (broad SMARTS) is 3. The Morgan fingerprint density at radius 2 is 1.06 bits per heavy atom. The molecule has 0 bridgehead atoms. The number of carbonyl (C=O) groups is 9. The van der Waals surface area contributed by atoms with Crippen LogP contribution in [0.3, 0.4) is 0 Å². The first-order valence-corrected chi connectivity index (χ1v) is 22.4. The minimum Gasteiger partial charge on any atom is -0.481 e. The summed E-state index contributed by atoms with van der Waals surface area (Å²) < 4.78 is 0. The number of hydrogen-bond acceptors (Lipinski definition) is 9. The van der Waals surface area contributed by atoms with Gasteiger partial charge in [0, 0.05) is 57.4 Å². The molecule has 2 aromatic rings. The molecule has 2 aromatic carbocycles. The summed E-state index contributed by atoms with van der Waals surface area (Å²) in [5.74, 6) is -6.96. The molecule has 2 rings (SSSR count). The van der Waals surface area contributed by atoms with Crippen LogP contribution in [0.25, 0.3) is 0 Å². The van der Waals surface area contributed by atoms with Gasteiger partial charge in [-0.2, -0.15) is 0 Å². The Bertz CT molecular complexity index is 1770. The van der Waals surface area contributed by atoms with E-state index in [1.54, 1.807) is 19.1 Å². The van der Waals surface area contributed by atoms with Gasteiger partial charge in [-0.15, -0.1) is 0 Å². The van der Waals surface area contributed by atoms with Gasteiger partial charge in [-0.3, -0.25) is 43.2 Å². The van der Waals surface area contributed by atoms with Crippen molar-refractivity contribution < 1.29 is 58.5 Å². The maximum atomic E-state index is 14.0. The van der Waals surface area contributed by atoms with Gasteiger partial charge in [-0.25, -0.2) is 0 Å². The third kappa shape index (κ3) is 24.5. The summed E-state index contributed by atoms with van der Waals surface area (Å²) >= 11 is 0. The minimum atomic E-state index is -1.24. The van der Waals surface area contributed by atoms with Gasteiger partial charge in [-0.05, 0) is 56.1 Å². The standard InChI is InChI=1S/C48H67N3O12/c1-2-41(53)40(33-46(59)60)51-47(61)37(29-34-19-10-7-11-20-34)31-42(54)39(30-35-21-12-8-13-22-35)50-43(55)26-17-6-4-3-5-15-24-38(52)25-16-9-14-23-36(48(62)63)32-44(56)49-28-18-27-45(57)58/h7-8,10-13,19-22,36-37,39-40H,2-6,9,14-18,23-33H2,1H3,(H,49,56)(H,50,55)(H,51,61)(H,57,58)(H,59,60)(H,62,63)/t36-,37-,39+,40+/m1/s1. The highest BCUT2D eigenvalue weighted by Crippen LogP contribution is 2.19. The third-order valence-electron chi connectivity index (χ3n) is 10.9. The van der Waals surface area contributed by atoms with Crippen LogP contribution < -0.4 is 16.0 Å². The predicted molar refractivity (Wildman–Crippen MR) is 235 cm³/mol. The van der Waals surface area contributed by atoms with E-state index in [2.05, 4.69) is 16.0 Å². The molecule has 0 fully saturated rings. The molecule has 15 nitrogen and oxygen atoms in total. The molecule has 63 heavy (non-hydrogen) atoms. The molecule has 0 aliphatic rings. The molecule has 0 heterocycles. The molecule has 0 aliphatic carbocycles. The lowest BCUT2D eigenvalue weighted by Crippen LogP contribution is -2.47. The van der Waals surface area contributed by atoms with E-state index in [1.165, 1.54) is 0 Å². The Hall–Kier alpha value is -5.73. The number of rotatable bonds is 36. The monoisotopic (exact) mass is 877 g/mol. The number of unbranched alkanes of at least 4 members (excludes halogenated alkanes) is 7. The molecule has 4 atom stereocenters. The maximum absolute atomic E-state index is 14.0. The normalized spacial score (nSPS) is 12.8. The molecule has 0 radical (unpaired) electrons. The molecule has 0 spiro atoms. The number of ketones is 3. The minimum absolute atomic E-state index is 0.0327. The van der Waals surface area contributed by atoms with E-state index >= 15 is 0 Å². The summed E-state index contributed by atoms with van der Waals surface area (Å²) in [6, 6.07) is 16.1. The third-order valence-corrected chi connectivity index (χ3v) is 10.9. The van der Waals surface area contributed by atoms with E-state index in [0.717, 1.165) is 43.2 Å². The largest absolute Gasteiger partial charge is 0.481 e. The maximum Gasteiger partial charge on any atom is 0.307 e. The van der Waals surface area contributed by atoms with E-state index in [4.69, 9.17) is 5.11 Å².